The van der Waals surface area contributed by atoms with E-state index >= 15 is 0 Å². The molecule has 0 saturated carbocycles. The highest BCUT2D eigenvalue weighted by atomic mass is 15.2. The Labute approximate surface area is 79.2 Å². The molecule has 0 amide bonds. The van der Waals surface area contributed by atoms with Gasteiger partial charge in [0.1, 0.15) is 0 Å². The molecule has 1 aliphatic heterocycles. The lowest BCUT2D eigenvalue weighted by Gasteiger charge is -2.35. The third-order valence-electron chi connectivity index (χ3n) is 2.77. The maximum Gasteiger partial charge on any atom is 0.0959 e. The molecule has 13 heavy (non-hydrogen) atoms. The fourth-order valence-corrected chi connectivity index (χ4v) is 1.76. The van der Waals surface area contributed by atoms with Crippen molar-refractivity contribution in [2.45, 2.75) is 39.9 Å². The summed E-state index contributed by atoms with van der Waals surface area (Å²) in [6, 6.07) is 0.566. The Hall–Kier alpha value is -0.830. The molecule has 1 aromatic rings. The monoisotopic (exact) mass is 179 g/mol. The molecule has 0 saturated heterocycles. The molecule has 0 spiro atoms. The number of hydrogen-bond donors (Lipinski definition) is 1. The molecule has 0 fully saturated rings. The van der Waals surface area contributed by atoms with Gasteiger partial charge in [0.05, 0.1) is 13.0 Å². The van der Waals surface area contributed by atoms with E-state index in [1.54, 1.807) is 0 Å². The Balaban J connectivity index is 2.18. The van der Waals surface area contributed by atoms with Gasteiger partial charge in [-0.1, -0.05) is 20.8 Å². The molecular weight excluding hydrogens is 162 g/mol. The van der Waals surface area contributed by atoms with Gasteiger partial charge in [0.15, 0.2) is 0 Å². The van der Waals surface area contributed by atoms with Crippen LogP contribution in [-0.4, -0.2) is 15.6 Å². The normalized spacial score (nSPS) is 22.8. The largest absolute Gasteiger partial charge is 0.321 e. The summed E-state index contributed by atoms with van der Waals surface area (Å²) in [5, 5.41) is 3.52. The molecule has 2 heterocycles. The van der Waals surface area contributed by atoms with Crippen LogP contribution in [-0.2, 0) is 13.1 Å². The molecule has 1 unspecified atom stereocenters. The first-order chi connectivity index (χ1) is 6.07. The number of hydrogen-bond acceptors (Lipinski definition) is 2. The van der Waals surface area contributed by atoms with Crippen LogP contribution in [0.2, 0.25) is 0 Å². The van der Waals surface area contributed by atoms with E-state index in [2.05, 4.69) is 35.6 Å². The van der Waals surface area contributed by atoms with Crippen molar-refractivity contribution in [1.82, 2.24) is 14.9 Å². The van der Waals surface area contributed by atoms with Crippen molar-refractivity contribution in [2.24, 2.45) is 5.41 Å². The van der Waals surface area contributed by atoms with Gasteiger partial charge < -0.3 is 4.57 Å². The highest BCUT2D eigenvalue weighted by Crippen LogP contribution is 2.24. The summed E-state index contributed by atoms with van der Waals surface area (Å²) in [5.74, 6) is 0. The van der Waals surface area contributed by atoms with E-state index in [-0.39, 0.29) is 0 Å². The second-order valence-corrected chi connectivity index (χ2v) is 4.84. The van der Waals surface area contributed by atoms with Crippen LogP contribution in [0.1, 0.15) is 26.5 Å². The number of nitrogens with one attached hydrogen (secondary N) is 1. The molecule has 0 bridgehead atoms. The van der Waals surface area contributed by atoms with Crippen molar-refractivity contribution in [3.8, 4) is 0 Å². The van der Waals surface area contributed by atoms with E-state index < -0.39 is 0 Å². The quantitative estimate of drug-likeness (QED) is 0.652. The molecule has 1 aliphatic rings. The van der Waals surface area contributed by atoms with Gasteiger partial charge in [-0.2, -0.15) is 0 Å². The van der Waals surface area contributed by atoms with Crippen LogP contribution in [0.5, 0.6) is 0 Å². The van der Waals surface area contributed by atoms with Crippen molar-refractivity contribution < 1.29 is 0 Å². The van der Waals surface area contributed by atoms with Crippen LogP contribution < -0.4 is 5.32 Å². The standard InChI is InChI=1S/C10H17N3/c1-10(2,3)9-4-8-5-11-6-13(8)7-12-9/h5-6,9,12H,4,7H2,1-3H3. The summed E-state index contributed by atoms with van der Waals surface area (Å²) in [6.45, 7) is 7.72. The van der Waals surface area contributed by atoms with Crippen molar-refractivity contribution >= 4 is 0 Å². The highest BCUT2D eigenvalue weighted by molar-refractivity contribution is 5.05. The average Bonchev–Trinajstić information content (AvgIpc) is 2.47. The lowest BCUT2D eigenvalue weighted by Crippen LogP contribution is -2.46. The van der Waals surface area contributed by atoms with E-state index in [1.807, 2.05) is 12.5 Å². The highest BCUT2D eigenvalue weighted by Gasteiger charge is 2.28. The Morgan fingerprint density at radius 3 is 3.00 bits per heavy atom. The second kappa shape index (κ2) is 2.84. The lowest BCUT2D eigenvalue weighted by molar-refractivity contribution is 0.227. The molecule has 1 N–H and O–H groups in total. The molecule has 0 aliphatic carbocycles. The zero-order valence-electron chi connectivity index (χ0n) is 8.54. The third kappa shape index (κ3) is 1.61. The van der Waals surface area contributed by atoms with Gasteiger partial charge in [-0.3, -0.25) is 5.32 Å². The van der Waals surface area contributed by atoms with E-state index in [0.717, 1.165) is 13.1 Å². The van der Waals surface area contributed by atoms with Crippen LogP contribution in [0, 0.1) is 5.41 Å². The predicted octanol–water partition coefficient (Wildman–Crippen LogP) is 1.40. The molecule has 72 valence electrons. The van der Waals surface area contributed by atoms with Gasteiger partial charge in [-0.15, -0.1) is 0 Å². The van der Waals surface area contributed by atoms with Gasteiger partial charge in [-0.25, -0.2) is 4.98 Å². The number of aromatic nitrogens is 2. The number of rotatable bonds is 0. The summed E-state index contributed by atoms with van der Waals surface area (Å²) in [4.78, 5) is 4.14. The van der Waals surface area contributed by atoms with Crippen LogP contribution >= 0.6 is 0 Å². The van der Waals surface area contributed by atoms with Gasteiger partial charge in [-0.05, 0) is 5.41 Å². The fourth-order valence-electron chi connectivity index (χ4n) is 1.76. The minimum absolute atomic E-state index is 0.329. The van der Waals surface area contributed by atoms with Gasteiger partial charge in [0.2, 0.25) is 0 Å². The maximum atomic E-state index is 4.14. The molecule has 2 rings (SSSR count). The van der Waals surface area contributed by atoms with Gasteiger partial charge in [0, 0.05) is 24.4 Å². The molecule has 1 atom stereocenters. The Morgan fingerprint density at radius 1 is 1.54 bits per heavy atom. The first kappa shape index (κ1) is 8.75. The smallest absolute Gasteiger partial charge is 0.0959 e. The van der Waals surface area contributed by atoms with Crippen molar-refractivity contribution in [2.75, 3.05) is 0 Å². The summed E-state index contributed by atoms with van der Waals surface area (Å²) < 4.78 is 2.17. The van der Waals surface area contributed by atoms with E-state index in [1.165, 1.54) is 5.69 Å². The topological polar surface area (TPSA) is 29.9 Å². The first-order valence-corrected chi connectivity index (χ1v) is 4.80. The van der Waals surface area contributed by atoms with E-state index in [4.69, 9.17) is 0 Å². The fraction of sp³-hybridized carbons (Fsp3) is 0.700. The van der Waals surface area contributed by atoms with Crippen molar-refractivity contribution in [3.63, 3.8) is 0 Å². The van der Waals surface area contributed by atoms with E-state index in [0.29, 0.717) is 11.5 Å². The summed E-state index contributed by atoms with van der Waals surface area (Å²) in [5.41, 5.74) is 1.67. The van der Waals surface area contributed by atoms with Crippen LogP contribution in [0.4, 0.5) is 0 Å². The summed E-state index contributed by atoms with van der Waals surface area (Å²) in [7, 11) is 0. The Morgan fingerprint density at radius 2 is 2.31 bits per heavy atom. The molecule has 0 aromatic carbocycles. The van der Waals surface area contributed by atoms with Crippen molar-refractivity contribution in [1.29, 1.82) is 0 Å². The number of nitrogens with zero attached hydrogens (tertiary/aromatic N) is 2. The first-order valence-electron chi connectivity index (χ1n) is 4.80. The second-order valence-electron chi connectivity index (χ2n) is 4.84. The minimum Gasteiger partial charge on any atom is -0.321 e. The third-order valence-corrected chi connectivity index (χ3v) is 2.77. The summed E-state index contributed by atoms with van der Waals surface area (Å²) >= 11 is 0. The molecule has 1 aromatic heterocycles. The zero-order chi connectivity index (χ0) is 9.47. The van der Waals surface area contributed by atoms with Gasteiger partial charge in [0.25, 0.3) is 0 Å². The number of imidazole rings is 1. The predicted molar refractivity (Wildman–Crippen MR) is 52.3 cm³/mol. The minimum atomic E-state index is 0.329. The SMILES string of the molecule is CC(C)(C)C1Cc2cncn2CN1. The molecule has 0 radical (unpaired) electrons. The van der Waals surface area contributed by atoms with Crippen LogP contribution in [0.25, 0.3) is 0 Å². The Kier molecular flexibility index (Phi) is 1.91. The number of fused-ring (bicyclic) bond motifs is 1. The van der Waals surface area contributed by atoms with Gasteiger partial charge >= 0.3 is 0 Å². The lowest BCUT2D eigenvalue weighted by atomic mass is 9.83. The van der Waals surface area contributed by atoms with E-state index in [9.17, 15) is 0 Å². The Bertz CT molecular complexity index is 295. The molecule has 3 heteroatoms. The zero-order valence-corrected chi connectivity index (χ0v) is 8.54. The summed E-state index contributed by atoms with van der Waals surface area (Å²) in [6.07, 6.45) is 4.95. The van der Waals surface area contributed by atoms with Crippen LogP contribution in [0.15, 0.2) is 12.5 Å². The molecular formula is C10H17N3. The average molecular weight is 179 g/mol. The van der Waals surface area contributed by atoms with Crippen molar-refractivity contribution in [3.05, 3.63) is 18.2 Å². The van der Waals surface area contributed by atoms with Crippen LogP contribution in [0.3, 0.4) is 0 Å². The maximum absolute atomic E-state index is 4.14. The molecule has 3 nitrogen and oxygen atoms in total.